The lowest BCUT2D eigenvalue weighted by molar-refractivity contribution is 0.700. The Kier molecular flexibility index (Phi) is 3.86. The molecule has 0 bridgehead atoms. The minimum absolute atomic E-state index is 0.710. The quantitative estimate of drug-likeness (QED) is 0.940. The van der Waals surface area contributed by atoms with Gasteiger partial charge in [0.25, 0.3) is 0 Å². The molecular formula is C16H19N3S2. The molecule has 2 aromatic rings. The molecule has 3 nitrogen and oxygen atoms in total. The number of anilines is 1. The molecule has 1 saturated heterocycles. The minimum atomic E-state index is 0.710. The van der Waals surface area contributed by atoms with E-state index in [9.17, 15) is 0 Å². The van der Waals surface area contributed by atoms with Gasteiger partial charge in [0.2, 0.25) is 0 Å². The number of nitrogens with zero attached hydrogens (tertiary/aromatic N) is 2. The van der Waals surface area contributed by atoms with Gasteiger partial charge in [0.05, 0.1) is 18.2 Å². The van der Waals surface area contributed by atoms with E-state index in [0.717, 1.165) is 19.5 Å². The van der Waals surface area contributed by atoms with Crippen LogP contribution in [0.2, 0.25) is 0 Å². The molecule has 110 valence electrons. The maximum Gasteiger partial charge on any atom is 0.0951 e. The van der Waals surface area contributed by atoms with Gasteiger partial charge >= 0.3 is 0 Å². The smallest absolute Gasteiger partial charge is 0.0951 e. The fourth-order valence-electron chi connectivity index (χ4n) is 3.10. The van der Waals surface area contributed by atoms with Crippen molar-refractivity contribution in [3.05, 3.63) is 36.3 Å². The van der Waals surface area contributed by atoms with Crippen LogP contribution < -0.4 is 5.32 Å². The van der Waals surface area contributed by atoms with Crippen molar-refractivity contribution in [2.24, 2.45) is 0 Å². The summed E-state index contributed by atoms with van der Waals surface area (Å²) in [5.74, 6) is 3.84. The van der Waals surface area contributed by atoms with Gasteiger partial charge in [-0.05, 0) is 12.0 Å². The SMILES string of the molecule is c1cc2c(c(-c3cncn3CC3CSCCS3)c1)NCC2. The molecule has 1 fully saturated rings. The summed E-state index contributed by atoms with van der Waals surface area (Å²) < 4.78 is 2.33. The maximum absolute atomic E-state index is 4.41. The maximum atomic E-state index is 4.41. The average molecular weight is 317 g/mol. The van der Waals surface area contributed by atoms with Crippen molar-refractivity contribution < 1.29 is 0 Å². The second-order valence-corrected chi connectivity index (χ2v) is 8.07. The largest absolute Gasteiger partial charge is 0.384 e. The molecule has 1 atom stereocenters. The molecule has 4 rings (SSSR count). The second-order valence-electron chi connectivity index (χ2n) is 5.52. The highest BCUT2D eigenvalue weighted by Gasteiger charge is 2.20. The van der Waals surface area contributed by atoms with Crippen LogP contribution in [-0.4, -0.2) is 38.6 Å². The fourth-order valence-corrected chi connectivity index (χ4v) is 5.77. The van der Waals surface area contributed by atoms with Gasteiger partial charge in [-0.25, -0.2) is 4.98 Å². The Balaban J connectivity index is 1.64. The summed E-state index contributed by atoms with van der Waals surface area (Å²) in [6.07, 6.45) is 5.13. The summed E-state index contributed by atoms with van der Waals surface area (Å²) in [5.41, 5.74) is 5.29. The molecule has 1 aromatic carbocycles. The van der Waals surface area contributed by atoms with E-state index in [1.54, 1.807) is 0 Å². The van der Waals surface area contributed by atoms with Crippen molar-refractivity contribution in [2.75, 3.05) is 29.1 Å². The number of hydrogen-bond acceptors (Lipinski definition) is 4. The van der Waals surface area contributed by atoms with Crippen molar-refractivity contribution in [3.8, 4) is 11.3 Å². The summed E-state index contributed by atoms with van der Waals surface area (Å²) in [4.78, 5) is 4.41. The summed E-state index contributed by atoms with van der Waals surface area (Å²) in [6, 6.07) is 6.62. The van der Waals surface area contributed by atoms with Gasteiger partial charge in [-0.3, -0.25) is 0 Å². The lowest BCUT2D eigenvalue weighted by Gasteiger charge is -2.22. The lowest BCUT2D eigenvalue weighted by Crippen LogP contribution is -2.20. The van der Waals surface area contributed by atoms with Crippen LogP contribution in [0.1, 0.15) is 5.56 Å². The Morgan fingerprint density at radius 2 is 2.33 bits per heavy atom. The van der Waals surface area contributed by atoms with E-state index in [4.69, 9.17) is 0 Å². The van der Waals surface area contributed by atoms with Gasteiger partial charge in [0.1, 0.15) is 0 Å². The highest BCUT2D eigenvalue weighted by Crippen LogP contribution is 2.35. The minimum Gasteiger partial charge on any atom is -0.384 e. The normalized spacial score (nSPS) is 21.0. The van der Waals surface area contributed by atoms with E-state index in [0.29, 0.717) is 5.25 Å². The van der Waals surface area contributed by atoms with Crippen LogP contribution in [-0.2, 0) is 13.0 Å². The average Bonchev–Trinajstić information content (AvgIpc) is 3.16. The molecule has 21 heavy (non-hydrogen) atoms. The summed E-state index contributed by atoms with van der Waals surface area (Å²) >= 11 is 4.19. The Bertz CT molecular complexity index is 632. The predicted molar refractivity (Wildman–Crippen MR) is 93.4 cm³/mol. The van der Waals surface area contributed by atoms with E-state index in [1.165, 1.54) is 39.8 Å². The molecule has 1 aromatic heterocycles. The molecule has 0 amide bonds. The number of benzene rings is 1. The zero-order valence-electron chi connectivity index (χ0n) is 11.9. The lowest BCUT2D eigenvalue weighted by atomic mass is 10.1. The standard InChI is InChI=1S/C16H19N3S2/c1-2-12-4-5-18-16(12)14(3-1)15-8-17-11-19(15)9-13-10-20-6-7-21-13/h1-3,8,11,13,18H,4-7,9-10H2. The number of fused-ring (bicyclic) bond motifs is 1. The Morgan fingerprint density at radius 1 is 1.33 bits per heavy atom. The van der Waals surface area contributed by atoms with Gasteiger partial charge in [0, 0.05) is 46.8 Å². The van der Waals surface area contributed by atoms with E-state index in [2.05, 4.69) is 56.6 Å². The van der Waals surface area contributed by atoms with Crippen LogP contribution in [0.3, 0.4) is 0 Å². The Morgan fingerprint density at radius 3 is 3.24 bits per heavy atom. The number of imidazole rings is 1. The van der Waals surface area contributed by atoms with Crippen molar-refractivity contribution in [1.82, 2.24) is 9.55 Å². The highest BCUT2D eigenvalue weighted by atomic mass is 32.2. The first-order chi connectivity index (χ1) is 10.4. The summed E-state index contributed by atoms with van der Waals surface area (Å²) in [5, 5.41) is 4.25. The third-order valence-corrected chi connectivity index (χ3v) is 6.95. The van der Waals surface area contributed by atoms with E-state index < -0.39 is 0 Å². The first-order valence-corrected chi connectivity index (χ1v) is 9.68. The molecule has 0 radical (unpaired) electrons. The van der Waals surface area contributed by atoms with Crippen molar-refractivity contribution >= 4 is 29.2 Å². The molecule has 5 heteroatoms. The van der Waals surface area contributed by atoms with Crippen LogP contribution in [0.25, 0.3) is 11.3 Å². The number of hydrogen-bond donors (Lipinski definition) is 1. The van der Waals surface area contributed by atoms with Crippen LogP contribution in [0.15, 0.2) is 30.7 Å². The third-order valence-electron chi connectivity index (χ3n) is 4.12. The highest BCUT2D eigenvalue weighted by molar-refractivity contribution is 8.06. The first-order valence-electron chi connectivity index (χ1n) is 7.47. The Labute approximate surface area is 133 Å². The molecule has 3 heterocycles. The molecule has 0 saturated carbocycles. The molecule has 0 spiro atoms. The number of rotatable bonds is 3. The zero-order chi connectivity index (χ0) is 14.1. The first kappa shape index (κ1) is 13.6. The second kappa shape index (κ2) is 5.97. The van der Waals surface area contributed by atoms with Crippen LogP contribution in [0.5, 0.6) is 0 Å². The molecule has 1 unspecified atom stereocenters. The summed E-state index contributed by atoms with van der Waals surface area (Å²) in [7, 11) is 0. The van der Waals surface area contributed by atoms with Crippen LogP contribution >= 0.6 is 23.5 Å². The number of para-hydroxylation sites is 1. The fraction of sp³-hybridized carbons (Fsp3) is 0.438. The number of nitrogens with one attached hydrogen (secondary N) is 1. The third kappa shape index (κ3) is 2.69. The van der Waals surface area contributed by atoms with Gasteiger partial charge in [0.15, 0.2) is 0 Å². The molecule has 2 aliphatic rings. The van der Waals surface area contributed by atoms with E-state index in [1.807, 2.05) is 12.5 Å². The molecule has 0 aliphatic carbocycles. The zero-order valence-corrected chi connectivity index (χ0v) is 13.6. The molecular weight excluding hydrogens is 298 g/mol. The Hall–Kier alpha value is -1.07. The molecule has 2 aliphatic heterocycles. The van der Waals surface area contributed by atoms with Crippen molar-refractivity contribution in [3.63, 3.8) is 0 Å². The monoisotopic (exact) mass is 317 g/mol. The van der Waals surface area contributed by atoms with Gasteiger partial charge < -0.3 is 9.88 Å². The van der Waals surface area contributed by atoms with Crippen molar-refractivity contribution in [1.29, 1.82) is 0 Å². The van der Waals surface area contributed by atoms with E-state index in [-0.39, 0.29) is 0 Å². The number of aromatic nitrogens is 2. The van der Waals surface area contributed by atoms with Gasteiger partial charge in [-0.1, -0.05) is 18.2 Å². The summed E-state index contributed by atoms with van der Waals surface area (Å²) in [6.45, 7) is 2.12. The number of thioether (sulfide) groups is 2. The van der Waals surface area contributed by atoms with Crippen molar-refractivity contribution in [2.45, 2.75) is 18.2 Å². The van der Waals surface area contributed by atoms with Crippen LogP contribution in [0, 0.1) is 0 Å². The topological polar surface area (TPSA) is 29.9 Å². The van der Waals surface area contributed by atoms with Crippen LogP contribution in [0.4, 0.5) is 5.69 Å². The molecule has 1 N–H and O–H groups in total. The van der Waals surface area contributed by atoms with Gasteiger partial charge in [-0.2, -0.15) is 23.5 Å². The van der Waals surface area contributed by atoms with E-state index >= 15 is 0 Å². The van der Waals surface area contributed by atoms with Gasteiger partial charge in [-0.15, -0.1) is 0 Å². The predicted octanol–water partition coefficient (Wildman–Crippen LogP) is 3.37.